The molecule has 152 valence electrons. The van der Waals surface area contributed by atoms with Gasteiger partial charge in [-0.25, -0.2) is 4.79 Å². The number of rotatable bonds is 4. The van der Waals surface area contributed by atoms with Gasteiger partial charge in [-0.15, -0.1) is 0 Å². The zero-order valence-corrected chi connectivity index (χ0v) is 16.2. The average Bonchev–Trinajstić information content (AvgIpc) is 2.99. The maximum absolute atomic E-state index is 12.9. The molecule has 0 bridgehead atoms. The predicted octanol–water partition coefficient (Wildman–Crippen LogP) is 3.34. The van der Waals surface area contributed by atoms with Gasteiger partial charge < -0.3 is 10.4 Å². The average molecular weight is 404 g/mol. The fourth-order valence-electron chi connectivity index (χ4n) is 4.14. The van der Waals surface area contributed by atoms with E-state index >= 15 is 0 Å². The number of fused-ring (bicyclic) bond motifs is 1. The Balaban J connectivity index is 1.54. The number of carboxylic acid groups (broad SMARTS) is 1. The highest BCUT2D eigenvalue weighted by Crippen LogP contribution is 2.40. The largest absolute Gasteiger partial charge is 0.478 e. The van der Waals surface area contributed by atoms with Crippen LogP contribution in [0.4, 0.5) is 11.4 Å². The number of allylic oxidation sites excluding steroid dienone is 2. The molecule has 0 radical (unpaired) electrons. The predicted molar refractivity (Wildman–Crippen MR) is 110 cm³/mol. The van der Waals surface area contributed by atoms with Crippen LogP contribution in [0, 0.1) is 17.8 Å². The molecule has 3 amide bonds. The first-order valence-electron chi connectivity index (χ1n) is 9.66. The van der Waals surface area contributed by atoms with E-state index in [4.69, 9.17) is 0 Å². The molecule has 1 aliphatic carbocycles. The number of hydrogen-bond donors (Lipinski definition) is 2. The van der Waals surface area contributed by atoms with Crippen molar-refractivity contribution in [3.05, 3.63) is 71.8 Å². The SMILES string of the molecule is C[C@@H]1C=CC[C@H]2C(=O)N(c3ccc(C(=O)Nc4ccccc4C(=O)O)cc3)C(=O)[C@@H]12. The molecule has 2 aromatic rings. The lowest BCUT2D eigenvalue weighted by Gasteiger charge is -2.22. The highest BCUT2D eigenvalue weighted by molar-refractivity contribution is 6.22. The fraction of sp³-hybridized carbons (Fsp3) is 0.217. The van der Waals surface area contributed by atoms with E-state index in [0.717, 1.165) is 0 Å². The number of carbonyl (C=O) groups excluding carboxylic acids is 3. The second-order valence-electron chi connectivity index (χ2n) is 7.52. The first-order valence-corrected chi connectivity index (χ1v) is 9.66. The van der Waals surface area contributed by atoms with E-state index in [-0.39, 0.29) is 46.4 Å². The van der Waals surface area contributed by atoms with Crippen molar-refractivity contribution < 1.29 is 24.3 Å². The first-order chi connectivity index (χ1) is 14.4. The van der Waals surface area contributed by atoms with Crippen molar-refractivity contribution in [2.75, 3.05) is 10.2 Å². The van der Waals surface area contributed by atoms with Crippen molar-refractivity contribution in [2.45, 2.75) is 13.3 Å². The van der Waals surface area contributed by atoms with Crippen LogP contribution in [0.15, 0.2) is 60.7 Å². The summed E-state index contributed by atoms with van der Waals surface area (Å²) in [4.78, 5) is 50.7. The lowest BCUT2D eigenvalue weighted by molar-refractivity contribution is -0.122. The Hall–Kier alpha value is -3.74. The van der Waals surface area contributed by atoms with Crippen LogP contribution in [0.25, 0.3) is 0 Å². The molecule has 2 aliphatic rings. The topological polar surface area (TPSA) is 104 Å². The number of amides is 3. The molecule has 0 unspecified atom stereocenters. The molecular formula is C23H20N2O5. The van der Waals surface area contributed by atoms with Crippen LogP contribution in [-0.4, -0.2) is 28.8 Å². The number of para-hydroxylation sites is 1. The van der Waals surface area contributed by atoms with Crippen molar-refractivity contribution in [1.29, 1.82) is 0 Å². The molecule has 2 aromatic carbocycles. The summed E-state index contributed by atoms with van der Waals surface area (Å²) in [5.41, 5.74) is 0.884. The van der Waals surface area contributed by atoms with Crippen molar-refractivity contribution in [3.8, 4) is 0 Å². The molecule has 4 rings (SSSR count). The lowest BCUT2D eigenvalue weighted by atomic mass is 9.78. The molecule has 30 heavy (non-hydrogen) atoms. The van der Waals surface area contributed by atoms with Gasteiger partial charge in [0.05, 0.1) is 28.8 Å². The second kappa shape index (κ2) is 7.59. The number of nitrogens with one attached hydrogen (secondary N) is 1. The first kappa shape index (κ1) is 19.6. The Kier molecular flexibility index (Phi) is 4.95. The third kappa shape index (κ3) is 3.28. The maximum atomic E-state index is 12.9. The minimum absolute atomic E-state index is 0.00422. The van der Waals surface area contributed by atoms with Gasteiger partial charge in [0.1, 0.15) is 0 Å². The highest BCUT2D eigenvalue weighted by atomic mass is 16.4. The van der Waals surface area contributed by atoms with Crippen LogP contribution < -0.4 is 10.2 Å². The number of benzene rings is 2. The van der Waals surface area contributed by atoms with Crippen molar-refractivity contribution in [3.63, 3.8) is 0 Å². The molecule has 1 heterocycles. The Morgan fingerprint density at radius 3 is 2.40 bits per heavy atom. The highest BCUT2D eigenvalue weighted by Gasteiger charge is 2.50. The Labute approximate surface area is 173 Å². The van der Waals surface area contributed by atoms with E-state index < -0.39 is 11.9 Å². The summed E-state index contributed by atoms with van der Waals surface area (Å²) < 4.78 is 0. The number of carboxylic acids is 1. The summed E-state index contributed by atoms with van der Waals surface area (Å²) in [5.74, 6) is -2.74. The Bertz CT molecular complexity index is 1070. The van der Waals surface area contributed by atoms with Gasteiger partial charge >= 0.3 is 5.97 Å². The van der Waals surface area contributed by atoms with E-state index in [9.17, 15) is 24.3 Å². The van der Waals surface area contributed by atoms with Gasteiger partial charge in [-0.1, -0.05) is 31.2 Å². The van der Waals surface area contributed by atoms with E-state index in [0.29, 0.717) is 12.1 Å². The third-order valence-corrected chi connectivity index (χ3v) is 5.67. The van der Waals surface area contributed by atoms with Gasteiger partial charge in [-0.3, -0.25) is 19.3 Å². The zero-order valence-electron chi connectivity index (χ0n) is 16.2. The number of anilines is 2. The van der Waals surface area contributed by atoms with E-state index in [1.165, 1.54) is 29.2 Å². The van der Waals surface area contributed by atoms with Gasteiger partial charge in [0, 0.05) is 5.56 Å². The van der Waals surface area contributed by atoms with Gasteiger partial charge in [0.15, 0.2) is 0 Å². The molecule has 2 N–H and O–H groups in total. The Morgan fingerprint density at radius 1 is 1.03 bits per heavy atom. The molecule has 0 spiro atoms. The van der Waals surface area contributed by atoms with Crippen molar-refractivity contribution in [1.82, 2.24) is 0 Å². The Morgan fingerprint density at radius 2 is 1.73 bits per heavy atom. The number of hydrogen-bond acceptors (Lipinski definition) is 4. The van der Waals surface area contributed by atoms with Gasteiger partial charge in [0.2, 0.25) is 11.8 Å². The molecule has 1 aliphatic heterocycles. The second-order valence-corrected chi connectivity index (χ2v) is 7.52. The summed E-state index contributed by atoms with van der Waals surface area (Å²) in [6.07, 6.45) is 4.47. The summed E-state index contributed by atoms with van der Waals surface area (Å²) in [7, 11) is 0. The maximum Gasteiger partial charge on any atom is 0.337 e. The molecule has 7 heteroatoms. The third-order valence-electron chi connectivity index (χ3n) is 5.67. The summed E-state index contributed by atoms with van der Waals surface area (Å²) in [5, 5.41) is 11.8. The molecule has 1 fully saturated rings. The molecule has 7 nitrogen and oxygen atoms in total. The smallest absolute Gasteiger partial charge is 0.337 e. The van der Waals surface area contributed by atoms with Crippen LogP contribution in [0.1, 0.15) is 34.1 Å². The van der Waals surface area contributed by atoms with Crippen LogP contribution in [0.5, 0.6) is 0 Å². The van der Waals surface area contributed by atoms with E-state index in [2.05, 4.69) is 5.32 Å². The molecule has 0 saturated carbocycles. The van der Waals surface area contributed by atoms with Crippen molar-refractivity contribution >= 4 is 35.1 Å². The van der Waals surface area contributed by atoms with E-state index in [1.807, 2.05) is 19.1 Å². The minimum Gasteiger partial charge on any atom is -0.478 e. The summed E-state index contributed by atoms with van der Waals surface area (Å²) in [6, 6.07) is 12.3. The van der Waals surface area contributed by atoms with Crippen LogP contribution in [0.3, 0.4) is 0 Å². The van der Waals surface area contributed by atoms with Gasteiger partial charge in [-0.05, 0) is 48.7 Å². The quantitative estimate of drug-likeness (QED) is 0.601. The summed E-state index contributed by atoms with van der Waals surface area (Å²) >= 11 is 0. The normalized spacial score (nSPS) is 22.7. The number of imide groups is 1. The monoisotopic (exact) mass is 404 g/mol. The number of nitrogens with zero attached hydrogens (tertiary/aromatic N) is 1. The molecule has 3 atom stereocenters. The van der Waals surface area contributed by atoms with Crippen LogP contribution in [0.2, 0.25) is 0 Å². The standard InChI is InChI=1S/C23H20N2O5/c1-13-5-4-7-17-19(13)22(28)25(21(17)27)15-11-9-14(10-12-15)20(26)24-18-8-3-2-6-16(18)23(29)30/h2-6,8-13,17,19H,7H2,1H3,(H,24,26)(H,29,30)/t13-,17-,19+/m1/s1. The van der Waals surface area contributed by atoms with Gasteiger partial charge in [-0.2, -0.15) is 0 Å². The van der Waals surface area contributed by atoms with Crippen molar-refractivity contribution in [2.24, 2.45) is 17.8 Å². The van der Waals surface area contributed by atoms with Gasteiger partial charge in [0.25, 0.3) is 5.91 Å². The molecule has 1 saturated heterocycles. The lowest BCUT2D eigenvalue weighted by Crippen LogP contribution is -2.31. The number of carbonyl (C=O) groups is 4. The minimum atomic E-state index is -1.14. The van der Waals surface area contributed by atoms with Crippen LogP contribution >= 0.6 is 0 Å². The summed E-state index contributed by atoms with van der Waals surface area (Å²) in [6.45, 7) is 1.93. The molecular weight excluding hydrogens is 384 g/mol. The van der Waals surface area contributed by atoms with E-state index in [1.54, 1.807) is 24.3 Å². The molecule has 0 aromatic heterocycles. The fourth-order valence-corrected chi connectivity index (χ4v) is 4.14. The zero-order chi connectivity index (χ0) is 21.4. The number of aromatic carboxylic acids is 1. The van der Waals surface area contributed by atoms with Crippen LogP contribution in [-0.2, 0) is 9.59 Å².